The molecular weight excluding hydrogens is 508 g/mol. The van der Waals surface area contributed by atoms with Crippen LogP contribution in [0.3, 0.4) is 0 Å². The Morgan fingerprint density at radius 3 is 2.77 bits per heavy atom. The maximum atomic E-state index is 11.9. The fraction of sp³-hybridized carbons (Fsp3) is 0.233. The average Bonchev–Trinajstić information content (AvgIpc) is 3.60. The Morgan fingerprint density at radius 2 is 1.95 bits per heavy atom. The number of aromatic amines is 1. The molecule has 0 aromatic carbocycles. The summed E-state index contributed by atoms with van der Waals surface area (Å²) < 4.78 is 5.89. The smallest absolute Gasteiger partial charge is 0.169 e. The highest BCUT2D eigenvalue weighted by molar-refractivity contribution is 7.17. The molecule has 0 amide bonds. The van der Waals surface area contributed by atoms with E-state index in [0.717, 1.165) is 78.9 Å². The van der Waals surface area contributed by atoms with Crippen molar-refractivity contribution in [1.29, 1.82) is 0 Å². The number of nitrogens with zero attached hydrogens (tertiary/aromatic N) is 5. The number of Topliss-reactive ketones (excluding diaryl/α,β-unsaturated/α-hetero) is 1. The number of aromatic nitrogens is 4. The number of nitrogens with one attached hydrogen (secondary N) is 1. The highest BCUT2D eigenvalue weighted by Gasteiger charge is 2.21. The van der Waals surface area contributed by atoms with Gasteiger partial charge in [0.2, 0.25) is 0 Å². The number of thiophene rings is 1. The van der Waals surface area contributed by atoms with E-state index >= 15 is 0 Å². The number of rotatable bonds is 8. The maximum absolute atomic E-state index is 11.9. The molecule has 9 heteroatoms. The standard InChI is InChI=1S/C30H28N6O2S/c1-18(37)27-6-7-28(39-27)23-16-32-17-26-22(23)13-25(34-26)30-29-19(8-9-33-30)4-5-24(35-29)20-12-21(15-31-14-20)38-11-10-36(2)3/h4-7,12-17,34H,8-11H2,1-3H3. The summed E-state index contributed by atoms with van der Waals surface area (Å²) in [6.07, 6.45) is 8.05. The van der Waals surface area contributed by atoms with Gasteiger partial charge in [0, 0.05) is 46.9 Å². The lowest BCUT2D eigenvalue weighted by atomic mass is 9.99. The second-order valence-corrected chi connectivity index (χ2v) is 10.9. The minimum absolute atomic E-state index is 0.0667. The van der Waals surface area contributed by atoms with Gasteiger partial charge in [0.1, 0.15) is 18.1 Å². The molecule has 5 aromatic heterocycles. The molecule has 196 valence electrons. The lowest BCUT2D eigenvalue weighted by molar-refractivity contribution is 0.102. The molecule has 1 aliphatic heterocycles. The summed E-state index contributed by atoms with van der Waals surface area (Å²) >= 11 is 1.48. The first-order valence-electron chi connectivity index (χ1n) is 12.8. The third kappa shape index (κ3) is 5.10. The average molecular weight is 537 g/mol. The fourth-order valence-electron chi connectivity index (χ4n) is 4.66. The van der Waals surface area contributed by atoms with Gasteiger partial charge >= 0.3 is 0 Å². The monoisotopic (exact) mass is 536 g/mol. The molecular formula is C30H28N6O2S. The predicted octanol–water partition coefficient (Wildman–Crippen LogP) is 5.28. The van der Waals surface area contributed by atoms with Crippen LogP contribution in [0.15, 0.2) is 66.2 Å². The van der Waals surface area contributed by atoms with Crippen LogP contribution in [0.4, 0.5) is 0 Å². The summed E-state index contributed by atoms with van der Waals surface area (Å²) in [6, 6.07) is 12.1. The van der Waals surface area contributed by atoms with E-state index in [0.29, 0.717) is 13.2 Å². The van der Waals surface area contributed by atoms with Crippen molar-refractivity contribution < 1.29 is 9.53 Å². The number of fused-ring (bicyclic) bond motifs is 2. The molecule has 0 radical (unpaired) electrons. The highest BCUT2D eigenvalue weighted by Crippen LogP contribution is 2.34. The highest BCUT2D eigenvalue weighted by atomic mass is 32.1. The second-order valence-electron chi connectivity index (χ2n) is 9.80. The van der Waals surface area contributed by atoms with Crippen LogP contribution < -0.4 is 4.74 Å². The minimum Gasteiger partial charge on any atom is -0.491 e. The van der Waals surface area contributed by atoms with E-state index in [1.807, 2.05) is 57.0 Å². The van der Waals surface area contributed by atoms with Crippen molar-refractivity contribution in [1.82, 2.24) is 24.8 Å². The number of hydrogen-bond donors (Lipinski definition) is 1. The van der Waals surface area contributed by atoms with E-state index in [4.69, 9.17) is 14.7 Å². The first kappa shape index (κ1) is 25.1. The lowest BCUT2D eigenvalue weighted by Gasteiger charge is -2.17. The van der Waals surface area contributed by atoms with Crippen LogP contribution in [0.2, 0.25) is 0 Å². The number of carbonyl (C=O) groups is 1. The Balaban J connectivity index is 1.35. The molecule has 1 aliphatic rings. The normalized spacial score (nSPS) is 13.0. The molecule has 5 aromatic rings. The van der Waals surface area contributed by atoms with Crippen LogP contribution in [-0.4, -0.2) is 70.1 Å². The number of H-pyrrole nitrogens is 1. The molecule has 6 heterocycles. The molecule has 39 heavy (non-hydrogen) atoms. The SMILES string of the molecule is CC(=O)c1ccc(-c2cncc3[nH]c(C4=NCCc5ccc(-c6cncc(OCCN(C)C)c6)nc54)cc23)s1. The molecule has 6 rings (SSSR count). The maximum Gasteiger partial charge on any atom is 0.169 e. The third-order valence-electron chi connectivity index (χ3n) is 6.69. The Kier molecular flexibility index (Phi) is 6.76. The molecule has 0 spiro atoms. The largest absolute Gasteiger partial charge is 0.491 e. The van der Waals surface area contributed by atoms with Crippen LogP contribution >= 0.6 is 11.3 Å². The van der Waals surface area contributed by atoms with Gasteiger partial charge in [-0.25, -0.2) is 4.98 Å². The van der Waals surface area contributed by atoms with Gasteiger partial charge in [-0.2, -0.15) is 0 Å². The Labute approximate surface area is 230 Å². The zero-order chi connectivity index (χ0) is 26.9. The topological polar surface area (TPSA) is 96.4 Å². The zero-order valence-electron chi connectivity index (χ0n) is 22.1. The molecule has 0 unspecified atom stereocenters. The Hall–Kier alpha value is -4.21. The number of carbonyl (C=O) groups excluding carboxylic acids is 1. The number of aliphatic imine (C=N–C) groups is 1. The molecule has 0 fully saturated rings. The predicted molar refractivity (Wildman–Crippen MR) is 155 cm³/mol. The zero-order valence-corrected chi connectivity index (χ0v) is 22.9. The quantitative estimate of drug-likeness (QED) is 0.271. The van der Waals surface area contributed by atoms with E-state index in [2.05, 4.69) is 32.0 Å². The molecule has 0 atom stereocenters. The fourth-order valence-corrected chi connectivity index (χ4v) is 5.59. The Bertz CT molecular complexity index is 1720. The van der Waals surface area contributed by atoms with E-state index in [1.54, 1.807) is 13.1 Å². The van der Waals surface area contributed by atoms with Gasteiger partial charge in [-0.1, -0.05) is 6.07 Å². The summed E-state index contributed by atoms with van der Waals surface area (Å²) in [5.41, 5.74) is 7.38. The number of hydrogen-bond acceptors (Lipinski definition) is 8. The van der Waals surface area contributed by atoms with Crippen molar-refractivity contribution in [3.63, 3.8) is 0 Å². The van der Waals surface area contributed by atoms with Gasteiger partial charge in [-0.05, 0) is 63.3 Å². The number of pyridine rings is 3. The van der Waals surface area contributed by atoms with Gasteiger partial charge in [0.05, 0.1) is 39.9 Å². The van der Waals surface area contributed by atoms with Gasteiger partial charge in [0.15, 0.2) is 5.78 Å². The van der Waals surface area contributed by atoms with E-state index < -0.39 is 0 Å². The summed E-state index contributed by atoms with van der Waals surface area (Å²) in [7, 11) is 4.04. The van der Waals surface area contributed by atoms with Crippen molar-refractivity contribution >= 4 is 33.7 Å². The van der Waals surface area contributed by atoms with Gasteiger partial charge < -0.3 is 14.6 Å². The van der Waals surface area contributed by atoms with Crippen LogP contribution in [0.1, 0.15) is 33.5 Å². The van der Waals surface area contributed by atoms with Crippen molar-refractivity contribution in [2.45, 2.75) is 13.3 Å². The van der Waals surface area contributed by atoms with Crippen molar-refractivity contribution in [2.75, 3.05) is 33.8 Å². The van der Waals surface area contributed by atoms with Crippen LogP contribution in [-0.2, 0) is 6.42 Å². The van der Waals surface area contributed by atoms with Crippen molar-refractivity contribution in [3.8, 4) is 27.4 Å². The first-order chi connectivity index (χ1) is 19.0. The van der Waals surface area contributed by atoms with E-state index in [9.17, 15) is 4.79 Å². The molecule has 8 nitrogen and oxygen atoms in total. The van der Waals surface area contributed by atoms with Crippen LogP contribution in [0, 0.1) is 0 Å². The lowest BCUT2D eigenvalue weighted by Crippen LogP contribution is -2.19. The molecule has 0 bridgehead atoms. The number of ether oxygens (including phenoxy) is 1. The second kappa shape index (κ2) is 10.5. The molecule has 0 saturated carbocycles. The first-order valence-corrected chi connectivity index (χ1v) is 13.6. The summed E-state index contributed by atoms with van der Waals surface area (Å²) in [5, 5.41) is 1.04. The minimum atomic E-state index is 0.0667. The van der Waals surface area contributed by atoms with Gasteiger partial charge in [-0.15, -0.1) is 11.3 Å². The summed E-state index contributed by atoms with van der Waals surface area (Å²) in [4.78, 5) is 38.0. The number of likely N-dealkylation sites (N-methyl/N-ethyl adjacent to an activating group) is 1. The molecule has 1 N–H and O–H groups in total. The van der Waals surface area contributed by atoms with Crippen molar-refractivity contribution in [2.24, 2.45) is 4.99 Å². The van der Waals surface area contributed by atoms with Crippen molar-refractivity contribution in [3.05, 3.63) is 83.0 Å². The summed E-state index contributed by atoms with van der Waals surface area (Å²) in [6.45, 7) is 3.71. The number of ketones is 1. The van der Waals surface area contributed by atoms with E-state index in [-0.39, 0.29) is 5.78 Å². The molecule has 0 aliphatic carbocycles. The van der Waals surface area contributed by atoms with Crippen LogP contribution in [0.5, 0.6) is 5.75 Å². The van der Waals surface area contributed by atoms with Gasteiger partial charge in [0.25, 0.3) is 0 Å². The third-order valence-corrected chi connectivity index (χ3v) is 7.91. The van der Waals surface area contributed by atoms with E-state index in [1.165, 1.54) is 11.3 Å². The van der Waals surface area contributed by atoms with Gasteiger partial charge in [-0.3, -0.25) is 19.8 Å². The Morgan fingerprint density at radius 1 is 1.08 bits per heavy atom. The summed E-state index contributed by atoms with van der Waals surface area (Å²) in [5.74, 6) is 0.789. The molecule has 0 saturated heterocycles. The van der Waals surface area contributed by atoms with Crippen LogP contribution in [0.25, 0.3) is 32.6 Å².